The largest absolute Gasteiger partial charge is 0.400 e. The second kappa shape index (κ2) is 6.23. The van der Waals surface area contributed by atoms with Crippen LogP contribution < -0.4 is 22.9 Å². The van der Waals surface area contributed by atoms with Gasteiger partial charge in [0.15, 0.2) is 0 Å². The molecule has 0 aromatic heterocycles. The van der Waals surface area contributed by atoms with Crippen LogP contribution in [0, 0.1) is 0 Å². The van der Waals surface area contributed by atoms with Gasteiger partial charge in [-0.2, -0.15) is 8.78 Å². The summed E-state index contributed by atoms with van der Waals surface area (Å²) in [5.41, 5.74) is 17.3. The van der Waals surface area contributed by atoms with E-state index in [0.717, 1.165) is 0 Å². The molecule has 0 radical (unpaired) electrons. The van der Waals surface area contributed by atoms with Gasteiger partial charge in [-0.1, -0.05) is 0 Å². The number of nitrogens with two attached hydrogens (primary N) is 4. The van der Waals surface area contributed by atoms with E-state index in [1.165, 1.54) is 0 Å². The molecule has 8 N–H and O–H groups in total. The minimum atomic E-state index is -4.22. The fraction of sp³-hybridized carbons (Fsp3) is 0.667. The molecule has 0 aromatic rings. The third-order valence-corrected chi connectivity index (χ3v) is 1.22. The fourth-order valence-corrected chi connectivity index (χ4v) is 0.205. The van der Waals surface area contributed by atoms with Crippen molar-refractivity contribution in [2.75, 3.05) is 13.1 Å². The molecule has 96 valence electrons. The number of hydrogen-bond acceptors (Lipinski definition) is 4. The van der Waals surface area contributed by atoms with Crippen molar-refractivity contribution in [1.29, 1.82) is 0 Å². The normalized spacial score (nSPS) is 11.4. The first kappa shape index (κ1) is 17.0. The lowest BCUT2D eigenvalue weighted by Crippen LogP contribution is -2.46. The maximum Gasteiger partial charge on any atom is 0.400 e. The topological polar surface area (TPSA) is 138 Å². The van der Waals surface area contributed by atoms with Crippen LogP contribution in [0.3, 0.4) is 0 Å². The predicted molar refractivity (Wildman–Crippen MR) is 46.4 cm³/mol. The molecule has 0 aromatic carbocycles. The van der Waals surface area contributed by atoms with Gasteiger partial charge in [-0.25, -0.2) is 8.78 Å². The maximum atomic E-state index is 11.7. The van der Waals surface area contributed by atoms with Crippen molar-refractivity contribution in [2.24, 2.45) is 22.9 Å². The van der Waals surface area contributed by atoms with E-state index in [-0.39, 0.29) is 0 Å². The summed E-state index contributed by atoms with van der Waals surface area (Å²) in [5.74, 6) is -11.1. The highest BCUT2D eigenvalue weighted by molar-refractivity contribution is 6.04. The predicted octanol–water partition coefficient (Wildman–Crippen LogP) is -1.87. The summed E-state index contributed by atoms with van der Waals surface area (Å²) in [6, 6.07) is 0. The van der Waals surface area contributed by atoms with Gasteiger partial charge in [-0.3, -0.25) is 9.59 Å². The highest BCUT2D eigenvalue weighted by Gasteiger charge is 2.43. The zero-order valence-corrected chi connectivity index (χ0v) is 8.05. The van der Waals surface area contributed by atoms with E-state index in [1.807, 2.05) is 0 Å². The van der Waals surface area contributed by atoms with Gasteiger partial charge in [0.2, 0.25) is 0 Å². The fourth-order valence-electron chi connectivity index (χ4n) is 0.205. The third-order valence-electron chi connectivity index (χ3n) is 1.22. The molecule has 0 saturated heterocycles. The van der Waals surface area contributed by atoms with Gasteiger partial charge in [0.05, 0.1) is 13.1 Å². The van der Waals surface area contributed by atoms with Crippen LogP contribution in [0.1, 0.15) is 0 Å². The van der Waals surface area contributed by atoms with Crippen molar-refractivity contribution in [3.63, 3.8) is 0 Å². The smallest absolute Gasteiger partial charge is 0.364 e. The molecule has 2 amide bonds. The summed E-state index contributed by atoms with van der Waals surface area (Å²) in [7, 11) is 0. The quantitative estimate of drug-likeness (QED) is 0.342. The number of rotatable bonds is 4. The Labute approximate surface area is 87.9 Å². The van der Waals surface area contributed by atoms with Crippen LogP contribution >= 0.6 is 0 Å². The lowest BCUT2D eigenvalue weighted by molar-refractivity contribution is -0.155. The summed E-state index contributed by atoms with van der Waals surface area (Å²) >= 11 is 0. The van der Waals surface area contributed by atoms with E-state index in [1.54, 1.807) is 0 Å². The molecule has 0 unspecified atom stereocenters. The number of hydrogen-bond donors (Lipinski definition) is 4. The number of alkyl halides is 4. The Morgan fingerprint density at radius 3 is 1.12 bits per heavy atom. The van der Waals surface area contributed by atoms with Crippen LogP contribution in [0.25, 0.3) is 0 Å². The summed E-state index contributed by atoms with van der Waals surface area (Å²) < 4.78 is 46.7. The van der Waals surface area contributed by atoms with Crippen LogP contribution in [0.2, 0.25) is 0 Å². The molecule has 0 heterocycles. The molecular formula is C6H12F4N4O2. The van der Waals surface area contributed by atoms with Crippen LogP contribution in [0.5, 0.6) is 0 Å². The summed E-state index contributed by atoms with van der Waals surface area (Å²) in [6.45, 7) is -1.33. The summed E-state index contributed by atoms with van der Waals surface area (Å²) in [4.78, 5) is 19.3. The van der Waals surface area contributed by atoms with Crippen LogP contribution in [-0.4, -0.2) is 36.7 Å². The average molecular weight is 248 g/mol. The Bertz CT molecular complexity index is 237. The van der Waals surface area contributed by atoms with E-state index in [0.29, 0.717) is 0 Å². The highest BCUT2D eigenvalue weighted by atomic mass is 19.3. The number of primary amides is 2. The monoisotopic (exact) mass is 248 g/mol. The van der Waals surface area contributed by atoms with E-state index in [2.05, 4.69) is 22.9 Å². The molecule has 0 bridgehead atoms. The van der Waals surface area contributed by atoms with Gasteiger partial charge < -0.3 is 22.9 Å². The van der Waals surface area contributed by atoms with Crippen molar-refractivity contribution in [3.8, 4) is 0 Å². The molecule has 10 heteroatoms. The first-order valence-corrected chi connectivity index (χ1v) is 3.77. The van der Waals surface area contributed by atoms with E-state index < -0.39 is 36.7 Å². The molecule has 0 saturated carbocycles. The number of carbonyl (C=O) groups excluding carboxylic acids is 2. The van der Waals surface area contributed by atoms with Gasteiger partial charge >= 0.3 is 5.92 Å². The van der Waals surface area contributed by atoms with E-state index >= 15 is 0 Å². The molecule has 0 aliphatic carbocycles. The van der Waals surface area contributed by atoms with Crippen molar-refractivity contribution >= 4 is 11.8 Å². The van der Waals surface area contributed by atoms with E-state index in [9.17, 15) is 27.2 Å². The standard InChI is InChI=1S/C3H4F2N2O2.C3H8F2N2/c4-3(5,1(6)8)2(7)9;4-3(5,1-6)2-7/h(H2,6,8)(H2,7,9);1-2,6-7H2. The molecule has 16 heavy (non-hydrogen) atoms. The van der Waals surface area contributed by atoms with Crippen molar-refractivity contribution in [3.05, 3.63) is 0 Å². The molecule has 0 fully saturated rings. The van der Waals surface area contributed by atoms with Crippen molar-refractivity contribution in [2.45, 2.75) is 11.8 Å². The SMILES string of the molecule is NC(=O)C(F)(F)C(N)=O.NCC(F)(F)CN. The lowest BCUT2D eigenvalue weighted by atomic mass is 10.3. The molecule has 0 aliphatic rings. The minimum Gasteiger partial charge on any atom is -0.364 e. The Morgan fingerprint density at radius 2 is 1.12 bits per heavy atom. The Hall–Kier alpha value is -1.42. The second-order valence-corrected chi connectivity index (χ2v) is 2.57. The summed E-state index contributed by atoms with van der Waals surface area (Å²) in [6.07, 6.45) is 0. The van der Waals surface area contributed by atoms with Gasteiger partial charge in [0, 0.05) is 0 Å². The first-order chi connectivity index (χ1) is 7.01. The van der Waals surface area contributed by atoms with E-state index in [4.69, 9.17) is 0 Å². The number of carbonyl (C=O) groups is 2. The van der Waals surface area contributed by atoms with Gasteiger partial charge in [-0.05, 0) is 0 Å². The molecule has 0 rings (SSSR count). The van der Waals surface area contributed by atoms with Crippen molar-refractivity contribution < 1.29 is 27.2 Å². The lowest BCUT2D eigenvalue weighted by Gasteiger charge is -2.07. The zero-order valence-electron chi connectivity index (χ0n) is 8.05. The summed E-state index contributed by atoms with van der Waals surface area (Å²) in [5, 5.41) is 0. The molecular weight excluding hydrogens is 236 g/mol. The van der Waals surface area contributed by atoms with Crippen molar-refractivity contribution in [1.82, 2.24) is 0 Å². The Morgan fingerprint density at radius 1 is 0.875 bits per heavy atom. The first-order valence-electron chi connectivity index (χ1n) is 3.77. The molecule has 0 spiro atoms. The molecule has 0 atom stereocenters. The maximum absolute atomic E-state index is 11.7. The van der Waals surface area contributed by atoms with Gasteiger partial charge in [0.25, 0.3) is 17.7 Å². The highest BCUT2D eigenvalue weighted by Crippen LogP contribution is 2.09. The average Bonchev–Trinajstić information content (AvgIpc) is 2.18. The van der Waals surface area contributed by atoms with Crippen LogP contribution in [-0.2, 0) is 9.59 Å². The van der Waals surface area contributed by atoms with Gasteiger partial charge in [-0.15, -0.1) is 0 Å². The Kier molecular flexibility index (Phi) is 6.61. The number of halogens is 4. The number of amides is 2. The van der Waals surface area contributed by atoms with Crippen LogP contribution in [0.4, 0.5) is 17.6 Å². The minimum absolute atomic E-state index is 0.663. The van der Waals surface area contributed by atoms with Gasteiger partial charge in [0.1, 0.15) is 0 Å². The zero-order chi connectivity index (χ0) is 13.6. The molecule has 6 nitrogen and oxygen atoms in total. The third kappa shape index (κ3) is 6.14. The Balaban J connectivity index is 0. The van der Waals surface area contributed by atoms with Crippen LogP contribution in [0.15, 0.2) is 0 Å². The second-order valence-electron chi connectivity index (χ2n) is 2.57. The molecule has 0 aliphatic heterocycles.